The lowest BCUT2D eigenvalue weighted by Gasteiger charge is -2.16. The van der Waals surface area contributed by atoms with Crippen molar-refractivity contribution < 1.29 is 22.7 Å². The van der Waals surface area contributed by atoms with Crippen LogP contribution in [0.25, 0.3) is 0 Å². The summed E-state index contributed by atoms with van der Waals surface area (Å²) in [7, 11) is 1.49. The molecule has 0 aromatic carbocycles. The Hall–Kier alpha value is -2.03. The monoisotopic (exact) mass is 306 g/mol. The molecule has 1 unspecified atom stereocenters. The number of rotatable bonds is 6. The van der Waals surface area contributed by atoms with Gasteiger partial charge in [-0.15, -0.1) is 0 Å². The first-order chi connectivity index (χ1) is 9.74. The van der Waals surface area contributed by atoms with Crippen molar-refractivity contribution in [1.29, 1.82) is 0 Å². The van der Waals surface area contributed by atoms with Gasteiger partial charge in [-0.3, -0.25) is 4.79 Å². The number of amides is 1. The molecule has 1 aromatic rings. The normalized spacial score (nSPS) is 12.8. The molecule has 0 radical (unpaired) electrons. The average Bonchev–Trinajstić information content (AvgIpc) is 2.37. The molecule has 0 fully saturated rings. The van der Waals surface area contributed by atoms with E-state index in [0.717, 1.165) is 12.1 Å². The van der Waals surface area contributed by atoms with E-state index in [9.17, 15) is 18.0 Å². The van der Waals surface area contributed by atoms with Gasteiger partial charge in [-0.2, -0.15) is 13.2 Å². The minimum Gasteiger partial charge on any atom is -0.384 e. The molecule has 0 aliphatic carbocycles. The number of carbonyl (C=O) groups is 1. The molecule has 0 aliphatic heterocycles. The van der Waals surface area contributed by atoms with E-state index >= 15 is 0 Å². The van der Waals surface area contributed by atoms with Crippen LogP contribution in [0.4, 0.5) is 24.8 Å². The van der Waals surface area contributed by atoms with Gasteiger partial charge in [-0.1, -0.05) is 0 Å². The lowest BCUT2D eigenvalue weighted by atomic mass is 10.2. The molecule has 1 rings (SSSR count). The lowest BCUT2D eigenvalue weighted by molar-refractivity contribution is -0.137. The van der Waals surface area contributed by atoms with E-state index in [4.69, 9.17) is 10.5 Å². The van der Waals surface area contributed by atoms with Gasteiger partial charge < -0.3 is 21.1 Å². The number of pyridine rings is 1. The van der Waals surface area contributed by atoms with Crippen LogP contribution in [0.2, 0.25) is 0 Å². The molecule has 1 atom stereocenters. The maximum atomic E-state index is 12.6. The Balaban J connectivity index is 2.74. The number of nitrogen functional groups attached to an aromatic ring is 1. The second kappa shape index (κ2) is 7.11. The molecule has 21 heavy (non-hydrogen) atoms. The summed E-state index contributed by atoms with van der Waals surface area (Å²) < 4.78 is 42.7. The second-order valence-corrected chi connectivity index (χ2v) is 4.31. The molecular formula is C12H17F3N4O2. The van der Waals surface area contributed by atoms with E-state index in [-0.39, 0.29) is 17.5 Å². The number of halogens is 3. The number of carbonyl (C=O) groups excluding carboxylic acids is 1. The first-order valence-electron chi connectivity index (χ1n) is 6.12. The molecule has 118 valence electrons. The quantitative estimate of drug-likeness (QED) is 0.688. The average molecular weight is 306 g/mol. The topological polar surface area (TPSA) is 89.3 Å². The van der Waals surface area contributed by atoms with E-state index in [1.807, 2.05) is 0 Å². The molecule has 1 heterocycles. The Labute approximate surface area is 119 Å². The van der Waals surface area contributed by atoms with Crippen molar-refractivity contribution >= 4 is 17.5 Å². The predicted octanol–water partition coefficient (Wildman–Crippen LogP) is 1.25. The van der Waals surface area contributed by atoms with Crippen LogP contribution in [0.15, 0.2) is 12.1 Å². The van der Waals surface area contributed by atoms with Gasteiger partial charge in [0.15, 0.2) is 0 Å². The zero-order valence-corrected chi connectivity index (χ0v) is 11.6. The summed E-state index contributed by atoms with van der Waals surface area (Å²) in [6.45, 7) is 2.15. The highest BCUT2D eigenvalue weighted by Crippen LogP contribution is 2.31. The summed E-state index contributed by atoms with van der Waals surface area (Å²) in [5.41, 5.74) is 4.41. The molecule has 9 heteroatoms. The third-order valence-corrected chi connectivity index (χ3v) is 2.54. The minimum absolute atomic E-state index is 0.114. The molecule has 0 saturated heterocycles. The van der Waals surface area contributed by atoms with Crippen LogP contribution in [-0.4, -0.2) is 37.2 Å². The van der Waals surface area contributed by atoms with Crippen molar-refractivity contribution in [1.82, 2.24) is 10.3 Å². The first kappa shape index (κ1) is 17.0. The number of ether oxygens (including phenoxy) is 1. The highest BCUT2D eigenvalue weighted by molar-refractivity contribution is 5.83. The van der Waals surface area contributed by atoms with Crippen LogP contribution in [0.3, 0.4) is 0 Å². The maximum Gasteiger partial charge on any atom is 0.416 e. The smallest absolute Gasteiger partial charge is 0.384 e. The first-order valence-corrected chi connectivity index (χ1v) is 6.12. The Bertz CT molecular complexity index is 494. The molecule has 0 spiro atoms. The zero-order valence-electron chi connectivity index (χ0n) is 11.6. The fourth-order valence-corrected chi connectivity index (χ4v) is 1.51. The number of nitrogens with two attached hydrogens (primary N) is 1. The largest absolute Gasteiger partial charge is 0.416 e. The summed E-state index contributed by atoms with van der Waals surface area (Å²) in [6, 6.07) is 0.765. The standard InChI is InChI=1S/C12H17F3N4O2/c1-7(11(20)17-3-4-21-2)18-10-6-8(12(13,14)15)5-9(16)19-10/h5-7H,3-4H2,1-2H3,(H,17,20)(H3,16,18,19). The second-order valence-electron chi connectivity index (χ2n) is 4.31. The fraction of sp³-hybridized carbons (Fsp3) is 0.500. The predicted molar refractivity (Wildman–Crippen MR) is 71.6 cm³/mol. The van der Waals surface area contributed by atoms with Gasteiger partial charge in [0.2, 0.25) is 5.91 Å². The van der Waals surface area contributed by atoms with Crippen molar-refractivity contribution in [2.45, 2.75) is 19.1 Å². The summed E-state index contributed by atoms with van der Waals surface area (Å²) >= 11 is 0. The summed E-state index contributed by atoms with van der Waals surface area (Å²) in [6.07, 6.45) is -4.53. The number of alkyl halides is 3. The van der Waals surface area contributed by atoms with E-state index < -0.39 is 17.8 Å². The molecule has 4 N–H and O–H groups in total. The molecular weight excluding hydrogens is 289 g/mol. The number of hydrogen-bond acceptors (Lipinski definition) is 5. The van der Waals surface area contributed by atoms with Gasteiger partial charge in [-0.25, -0.2) is 4.98 Å². The Morgan fingerprint density at radius 3 is 2.71 bits per heavy atom. The van der Waals surface area contributed by atoms with Gasteiger partial charge in [-0.05, 0) is 19.1 Å². The SMILES string of the molecule is COCCNC(=O)C(C)Nc1cc(C(F)(F)F)cc(N)n1. The van der Waals surface area contributed by atoms with Crippen molar-refractivity contribution in [3.63, 3.8) is 0 Å². The lowest BCUT2D eigenvalue weighted by Crippen LogP contribution is -2.39. The zero-order chi connectivity index (χ0) is 16.0. The number of methoxy groups -OCH3 is 1. The van der Waals surface area contributed by atoms with E-state index in [2.05, 4.69) is 15.6 Å². The number of nitrogens with zero attached hydrogens (tertiary/aromatic N) is 1. The van der Waals surface area contributed by atoms with E-state index in [1.54, 1.807) is 0 Å². The molecule has 6 nitrogen and oxygen atoms in total. The van der Waals surface area contributed by atoms with Gasteiger partial charge in [0.25, 0.3) is 0 Å². The van der Waals surface area contributed by atoms with Gasteiger partial charge in [0.05, 0.1) is 12.2 Å². The number of anilines is 2. The molecule has 1 amide bonds. The Morgan fingerprint density at radius 2 is 2.14 bits per heavy atom. The van der Waals surface area contributed by atoms with Gasteiger partial charge in [0.1, 0.15) is 17.7 Å². The summed E-state index contributed by atoms with van der Waals surface area (Å²) in [5.74, 6) is -0.777. The Kier molecular flexibility index (Phi) is 5.77. The van der Waals surface area contributed by atoms with Crippen molar-refractivity contribution in [3.05, 3.63) is 17.7 Å². The fourth-order valence-electron chi connectivity index (χ4n) is 1.51. The van der Waals surface area contributed by atoms with E-state index in [1.165, 1.54) is 14.0 Å². The molecule has 0 aliphatic rings. The molecule has 1 aromatic heterocycles. The molecule has 0 saturated carbocycles. The van der Waals surface area contributed by atoms with Crippen LogP contribution in [0.5, 0.6) is 0 Å². The summed E-state index contributed by atoms with van der Waals surface area (Å²) in [5, 5.41) is 5.13. The highest BCUT2D eigenvalue weighted by atomic mass is 19.4. The third-order valence-electron chi connectivity index (χ3n) is 2.54. The number of nitrogens with one attached hydrogen (secondary N) is 2. The van der Waals surface area contributed by atoms with Crippen LogP contribution < -0.4 is 16.4 Å². The van der Waals surface area contributed by atoms with Crippen LogP contribution in [-0.2, 0) is 15.7 Å². The highest BCUT2D eigenvalue weighted by Gasteiger charge is 2.31. The number of aromatic nitrogens is 1. The van der Waals surface area contributed by atoms with Crippen LogP contribution in [0.1, 0.15) is 12.5 Å². The van der Waals surface area contributed by atoms with Crippen LogP contribution >= 0.6 is 0 Å². The van der Waals surface area contributed by atoms with Crippen molar-refractivity contribution in [2.75, 3.05) is 31.3 Å². The minimum atomic E-state index is -4.53. The van der Waals surface area contributed by atoms with Crippen molar-refractivity contribution in [3.8, 4) is 0 Å². The maximum absolute atomic E-state index is 12.6. The van der Waals surface area contributed by atoms with Crippen LogP contribution in [0, 0.1) is 0 Å². The van der Waals surface area contributed by atoms with Gasteiger partial charge >= 0.3 is 6.18 Å². The molecule has 0 bridgehead atoms. The third kappa shape index (κ3) is 5.46. The van der Waals surface area contributed by atoms with Crippen molar-refractivity contribution in [2.24, 2.45) is 0 Å². The summed E-state index contributed by atoms with van der Waals surface area (Å²) in [4.78, 5) is 15.4. The van der Waals surface area contributed by atoms with Gasteiger partial charge in [0, 0.05) is 13.7 Å². The van der Waals surface area contributed by atoms with E-state index in [0.29, 0.717) is 13.2 Å². The Morgan fingerprint density at radius 1 is 1.48 bits per heavy atom. The number of hydrogen-bond donors (Lipinski definition) is 3.